The molecule has 1 aromatic heterocycles. The molecule has 0 radical (unpaired) electrons. The Morgan fingerprint density at radius 3 is 2.67 bits per heavy atom. The summed E-state index contributed by atoms with van der Waals surface area (Å²) in [6.45, 7) is 4.25. The second-order valence-electron chi connectivity index (χ2n) is 4.87. The van der Waals surface area contributed by atoms with Gasteiger partial charge in [0.25, 0.3) is 0 Å². The molecule has 0 aromatic carbocycles. The zero-order chi connectivity index (χ0) is 10.9. The summed E-state index contributed by atoms with van der Waals surface area (Å²) in [6.07, 6.45) is 5.08. The van der Waals surface area contributed by atoms with Crippen molar-refractivity contribution in [2.75, 3.05) is 0 Å². The van der Waals surface area contributed by atoms with Gasteiger partial charge in [-0.25, -0.2) is 0 Å². The summed E-state index contributed by atoms with van der Waals surface area (Å²) in [5.74, 6) is 0.215. The second kappa shape index (κ2) is 3.61. The molecule has 0 unspecified atom stereocenters. The molecule has 1 aromatic rings. The Morgan fingerprint density at radius 1 is 1.27 bits per heavy atom. The van der Waals surface area contributed by atoms with Crippen LogP contribution in [-0.2, 0) is 4.79 Å². The Morgan fingerprint density at radius 2 is 2.07 bits per heavy atom. The Bertz CT molecular complexity index is 404. The molecule has 0 saturated heterocycles. The van der Waals surface area contributed by atoms with Crippen LogP contribution < -0.4 is 0 Å². The molecule has 0 atom stereocenters. The third-order valence-corrected chi connectivity index (χ3v) is 2.65. The molecule has 0 aliphatic heterocycles. The highest BCUT2D eigenvalue weighted by Gasteiger charge is 2.28. The number of allylic oxidation sites excluding steroid dienone is 2. The van der Waals surface area contributed by atoms with Crippen molar-refractivity contribution in [2.45, 2.75) is 26.7 Å². The van der Waals surface area contributed by atoms with Gasteiger partial charge in [0.15, 0.2) is 5.78 Å². The molecule has 0 N–H and O–H groups in total. The number of carbonyl (C=O) groups is 1. The van der Waals surface area contributed by atoms with E-state index in [4.69, 9.17) is 0 Å². The second-order valence-corrected chi connectivity index (χ2v) is 4.87. The van der Waals surface area contributed by atoms with Crippen LogP contribution >= 0.6 is 0 Å². The number of pyridine rings is 1. The summed E-state index contributed by atoms with van der Waals surface area (Å²) in [7, 11) is 0. The monoisotopic (exact) mass is 201 g/mol. The summed E-state index contributed by atoms with van der Waals surface area (Å²) < 4.78 is 0. The van der Waals surface area contributed by atoms with Crippen molar-refractivity contribution in [1.29, 1.82) is 0 Å². The summed E-state index contributed by atoms with van der Waals surface area (Å²) in [4.78, 5) is 15.8. The quantitative estimate of drug-likeness (QED) is 0.699. The highest BCUT2D eigenvalue weighted by Crippen LogP contribution is 2.37. The number of aromatic nitrogens is 1. The molecular weight excluding hydrogens is 186 g/mol. The highest BCUT2D eigenvalue weighted by atomic mass is 16.1. The van der Waals surface area contributed by atoms with Crippen LogP contribution in [0.5, 0.6) is 0 Å². The van der Waals surface area contributed by atoms with Crippen LogP contribution in [0.3, 0.4) is 0 Å². The lowest BCUT2D eigenvalue weighted by Gasteiger charge is -2.28. The zero-order valence-corrected chi connectivity index (χ0v) is 9.16. The largest absolute Gasteiger partial charge is 0.295 e. The van der Waals surface area contributed by atoms with E-state index in [2.05, 4.69) is 18.8 Å². The lowest BCUT2D eigenvalue weighted by atomic mass is 9.76. The first kappa shape index (κ1) is 10.1. The van der Waals surface area contributed by atoms with Gasteiger partial charge in [0.1, 0.15) is 0 Å². The molecule has 15 heavy (non-hydrogen) atoms. The van der Waals surface area contributed by atoms with Crippen LogP contribution in [0.25, 0.3) is 5.57 Å². The van der Waals surface area contributed by atoms with E-state index < -0.39 is 0 Å². The first-order valence-corrected chi connectivity index (χ1v) is 5.22. The normalized spacial score (nSPS) is 19.9. The fourth-order valence-electron chi connectivity index (χ4n) is 2.06. The van der Waals surface area contributed by atoms with Crippen molar-refractivity contribution in [3.05, 3.63) is 36.2 Å². The molecule has 1 aliphatic rings. The number of nitrogens with zero attached hydrogens (tertiary/aromatic N) is 1. The molecule has 0 bridgehead atoms. The van der Waals surface area contributed by atoms with Gasteiger partial charge in [0.2, 0.25) is 0 Å². The molecule has 1 aliphatic carbocycles. The van der Waals surface area contributed by atoms with E-state index in [1.165, 1.54) is 0 Å². The minimum Gasteiger partial charge on any atom is -0.295 e. The van der Waals surface area contributed by atoms with Crippen molar-refractivity contribution in [3.8, 4) is 0 Å². The summed E-state index contributed by atoms with van der Waals surface area (Å²) in [5.41, 5.74) is 2.06. The van der Waals surface area contributed by atoms with Gasteiger partial charge in [-0.2, -0.15) is 0 Å². The Hall–Kier alpha value is -1.44. The predicted octanol–water partition coefficient (Wildman–Crippen LogP) is 2.85. The van der Waals surface area contributed by atoms with Crippen LogP contribution in [-0.4, -0.2) is 10.8 Å². The number of ketones is 1. The maximum absolute atomic E-state index is 11.6. The number of rotatable bonds is 1. The maximum Gasteiger partial charge on any atom is 0.156 e. The first-order chi connectivity index (χ1) is 7.07. The van der Waals surface area contributed by atoms with Gasteiger partial charge >= 0.3 is 0 Å². The van der Waals surface area contributed by atoms with E-state index in [-0.39, 0.29) is 11.2 Å². The Balaban J connectivity index is 2.35. The van der Waals surface area contributed by atoms with E-state index in [1.807, 2.05) is 18.2 Å². The Kier molecular flexibility index (Phi) is 2.43. The van der Waals surface area contributed by atoms with E-state index in [9.17, 15) is 4.79 Å². The minimum atomic E-state index is 0.0681. The average Bonchev–Trinajstić information content (AvgIpc) is 2.16. The van der Waals surface area contributed by atoms with Crippen molar-refractivity contribution >= 4 is 11.4 Å². The molecule has 78 valence electrons. The van der Waals surface area contributed by atoms with Crippen molar-refractivity contribution in [1.82, 2.24) is 4.98 Å². The molecule has 0 saturated carbocycles. The van der Waals surface area contributed by atoms with Crippen LogP contribution in [0.2, 0.25) is 0 Å². The SMILES string of the molecule is CC1(C)CC(=O)C=C(c2ccccn2)C1. The molecule has 0 amide bonds. The van der Waals surface area contributed by atoms with Gasteiger partial charge in [-0.15, -0.1) is 0 Å². The van der Waals surface area contributed by atoms with Crippen molar-refractivity contribution < 1.29 is 4.79 Å². The molecule has 2 heteroatoms. The van der Waals surface area contributed by atoms with Gasteiger partial charge in [-0.1, -0.05) is 19.9 Å². The van der Waals surface area contributed by atoms with E-state index >= 15 is 0 Å². The molecule has 0 fully saturated rings. The van der Waals surface area contributed by atoms with E-state index in [0.29, 0.717) is 6.42 Å². The third kappa shape index (κ3) is 2.32. The van der Waals surface area contributed by atoms with E-state index in [0.717, 1.165) is 17.7 Å². The molecule has 2 rings (SSSR count). The fraction of sp³-hybridized carbons (Fsp3) is 0.385. The third-order valence-electron chi connectivity index (χ3n) is 2.65. The molecule has 1 heterocycles. The van der Waals surface area contributed by atoms with Gasteiger partial charge in [-0.3, -0.25) is 9.78 Å². The lowest BCUT2D eigenvalue weighted by Crippen LogP contribution is -2.21. The van der Waals surface area contributed by atoms with Gasteiger partial charge in [0, 0.05) is 12.6 Å². The van der Waals surface area contributed by atoms with Crippen LogP contribution in [0, 0.1) is 5.41 Å². The predicted molar refractivity (Wildman–Crippen MR) is 60.2 cm³/mol. The van der Waals surface area contributed by atoms with Crippen LogP contribution in [0.1, 0.15) is 32.4 Å². The summed E-state index contributed by atoms with van der Waals surface area (Å²) >= 11 is 0. The zero-order valence-electron chi connectivity index (χ0n) is 9.16. The van der Waals surface area contributed by atoms with Crippen molar-refractivity contribution in [2.24, 2.45) is 5.41 Å². The number of carbonyl (C=O) groups excluding carboxylic acids is 1. The summed E-state index contributed by atoms with van der Waals surface area (Å²) in [5, 5.41) is 0. The van der Waals surface area contributed by atoms with Crippen LogP contribution in [0.15, 0.2) is 30.5 Å². The average molecular weight is 201 g/mol. The number of hydrogen-bond donors (Lipinski definition) is 0. The summed E-state index contributed by atoms with van der Waals surface area (Å²) in [6, 6.07) is 5.80. The lowest BCUT2D eigenvalue weighted by molar-refractivity contribution is -0.116. The van der Waals surface area contributed by atoms with E-state index in [1.54, 1.807) is 12.3 Å². The van der Waals surface area contributed by atoms with Gasteiger partial charge in [-0.05, 0) is 35.6 Å². The van der Waals surface area contributed by atoms with Crippen molar-refractivity contribution in [3.63, 3.8) is 0 Å². The Labute approximate surface area is 90.0 Å². The molecule has 0 spiro atoms. The maximum atomic E-state index is 11.6. The van der Waals surface area contributed by atoms with Gasteiger partial charge < -0.3 is 0 Å². The van der Waals surface area contributed by atoms with Crippen LogP contribution in [0.4, 0.5) is 0 Å². The molecule has 2 nitrogen and oxygen atoms in total. The molecular formula is C13H15NO. The highest BCUT2D eigenvalue weighted by molar-refractivity contribution is 5.98. The first-order valence-electron chi connectivity index (χ1n) is 5.22. The standard InChI is InChI=1S/C13H15NO/c1-13(2)8-10(7-11(15)9-13)12-5-3-4-6-14-12/h3-7H,8-9H2,1-2H3. The van der Waals surface area contributed by atoms with Gasteiger partial charge in [0.05, 0.1) is 5.69 Å². The topological polar surface area (TPSA) is 30.0 Å². The minimum absolute atomic E-state index is 0.0681. The fourth-order valence-corrected chi connectivity index (χ4v) is 2.06. The number of hydrogen-bond acceptors (Lipinski definition) is 2. The smallest absolute Gasteiger partial charge is 0.156 e.